The second kappa shape index (κ2) is 8.67. The van der Waals surface area contributed by atoms with Gasteiger partial charge in [-0.05, 0) is 45.0 Å². The van der Waals surface area contributed by atoms with Crippen molar-refractivity contribution in [2.75, 3.05) is 33.3 Å². The van der Waals surface area contributed by atoms with E-state index >= 15 is 0 Å². The van der Waals surface area contributed by atoms with Crippen molar-refractivity contribution in [3.05, 3.63) is 52.6 Å². The van der Waals surface area contributed by atoms with Crippen LogP contribution in [-0.2, 0) is 24.9 Å². The number of rotatable bonds is 5. The third kappa shape index (κ3) is 4.39. The van der Waals surface area contributed by atoms with Gasteiger partial charge in [-0.2, -0.15) is 0 Å². The quantitative estimate of drug-likeness (QED) is 0.757. The van der Waals surface area contributed by atoms with Crippen LogP contribution in [-0.4, -0.2) is 58.6 Å². The van der Waals surface area contributed by atoms with E-state index in [1.54, 1.807) is 0 Å². The molecule has 0 saturated carbocycles. The molecule has 1 aliphatic heterocycles. The van der Waals surface area contributed by atoms with E-state index in [9.17, 15) is 4.79 Å². The maximum absolute atomic E-state index is 12.3. The predicted octanol–water partition coefficient (Wildman–Crippen LogP) is 2.53. The fourth-order valence-corrected chi connectivity index (χ4v) is 3.90. The highest BCUT2D eigenvalue weighted by Gasteiger charge is 2.24. The Kier molecular flexibility index (Phi) is 6.29. The van der Waals surface area contributed by atoms with Crippen molar-refractivity contribution >= 4 is 5.97 Å². The second-order valence-electron chi connectivity index (χ2n) is 7.34. The summed E-state index contributed by atoms with van der Waals surface area (Å²) < 4.78 is 7.13. The monoisotopic (exact) mass is 370 g/mol. The number of aromatic nitrogens is 2. The zero-order chi connectivity index (χ0) is 19.4. The van der Waals surface area contributed by atoms with Crippen molar-refractivity contribution in [1.82, 2.24) is 19.4 Å². The first-order chi connectivity index (χ1) is 13.0. The Morgan fingerprint density at radius 3 is 2.44 bits per heavy atom. The van der Waals surface area contributed by atoms with Gasteiger partial charge in [0.15, 0.2) is 0 Å². The molecule has 2 aromatic rings. The number of methoxy groups -OCH3 is 1. The summed E-state index contributed by atoms with van der Waals surface area (Å²) in [6, 6.07) is 4.13. The molecule has 0 amide bonds. The number of ether oxygens (including phenoxy) is 1. The summed E-state index contributed by atoms with van der Waals surface area (Å²) in [7, 11) is 3.47. The van der Waals surface area contributed by atoms with E-state index in [0.29, 0.717) is 0 Å². The fraction of sp³-hybridized carbons (Fsp3) is 0.524. The molecule has 6 heteroatoms. The summed E-state index contributed by atoms with van der Waals surface area (Å²) in [6.45, 7) is 9.94. The van der Waals surface area contributed by atoms with Crippen molar-refractivity contribution in [2.45, 2.75) is 33.4 Å². The van der Waals surface area contributed by atoms with Gasteiger partial charge in [0.2, 0.25) is 0 Å². The molecule has 6 nitrogen and oxygen atoms in total. The third-order valence-electron chi connectivity index (χ3n) is 5.69. The van der Waals surface area contributed by atoms with Crippen LogP contribution in [0.5, 0.6) is 0 Å². The fourth-order valence-electron chi connectivity index (χ4n) is 3.90. The largest absolute Gasteiger partial charge is 0.465 e. The molecular formula is C21H30N4O2. The molecule has 0 atom stereocenters. The first-order valence-corrected chi connectivity index (χ1v) is 9.58. The summed E-state index contributed by atoms with van der Waals surface area (Å²) in [5, 5.41) is 0. The summed E-state index contributed by atoms with van der Waals surface area (Å²) in [5.74, 6) is -0.237. The van der Waals surface area contributed by atoms with Gasteiger partial charge in [0.1, 0.15) is 0 Å². The SMILES string of the molecule is COC(=O)c1c(CN2CCCN(Cc3cccnc3)CC2)c(C)n(C)c1C. The summed E-state index contributed by atoms with van der Waals surface area (Å²) >= 11 is 0. The molecule has 0 aromatic carbocycles. The van der Waals surface area contributed by atoms with Crippen LogP contribution in [0.3, 0.4) is 0 Å². The number of nitrogens with zero attached hydrogens (tertiary/aromatic N) is 4. The number of hydrogen-bond acceptors (Lipinski definition) is 5. The van der Waals surface area contributed by atoms with Gasteiger partial charge in [-0.1, -0.05) is 6.07 Å². The normalized spacial score (nSPS) is 16.3. The summed E-state index contributed by atoms with van der Waals surface area (Å²) in [4.78, 5) is 21.5. The lowest BCUT2D eigenvalue weighted by Gasteiger charge is -2.22. The molecule has 146 valence electrons. The minimum absolute atomic E-state index is 0.237. The first kappa shape index (κ1) is 19.6. The number of carbonyl (C=O) groups excluding carboxylic acids is 1. The van der Waals surface area contributed by atoms with Crippen LogP contribution in [0.15, 0.2) is 24.5 Å². The highest BCUT2D eigenvalue weighted by Crippen LogP contribution is 2.24. The average Bonchev–Trinajstić information content (AvgIpc) is 2.84. The molecule has 0 unspecified atom stereocenters. The third-order valence-corrected chi connectivity index (χ3v) is 5.69. The average molecular weight is 370 g/mol. The van der Waals surface area contributed by atoms with Gasteiger partial charge in [0, 0.05) is 62.6 Å². The van der Waals surface area contributed by atoms with Crippen LogP contribution in [0.2, 0.25) is 0 Å². The van der Waals surface area contributed by atoms with Crippen LogP contribution in [0.25, 0.3) is 0 Å². The number of carbonyl (C=O) groups is 1. The lowest BCUT2D eigenvalue weighted by atomic mass is 10.1. The van der Waals surface area contributed by atoms with E-state index in [-0.39, 0.29) is 5.97 Å². The lowest BCUT2D eigenvalue weighted by Crippen LogP contribution is -2.30. The number of hydrogen-bond donors (Lipinski definition) is 0. The van der Waals surface area contributed by atoms with Crippen LogP contribution in [0.1, 0.15) is 39.3 Å². The zero-order valence-electron chi connectivity index (χ0n) is 16.9. The van der Waals surface area contributed by atoms with Gasteiger partial charge in [0.25, 0.3) is 0 Å². The summed E-state index contributed by atoms with van der Waals surface area (Å²) in [5.41, 5.74) is 5.21. The van der Waals surface area contributed by atoms with Crippen molar-refractivity contribution in [1.29, 1.82) is 0 Å². The Morgan fingerprint density at radius 2 is 1.81 bits per heavy atom. The van der Waals surface area contributed by atoms with Gasteiger partial charge in [-0.3, -0.25) is 14.8 Å². The Balaban J connectivity index is 1.69. The molecule has 3 heterocycles. The highest BCUT2D eigenvalue weighted by atomic mass is 16.5. The van der Waals surface area contributed by atoms with E-state index in [2.05, 4.69) is 32.3 Å². The van der Waals surface area contributed by atoms with Gasteiger partial charge < -0.3 is 9.30 Å². The topological polar surface area (TPSA) is 50.6 Å². The van der Waals surface area contributed by atoms with E-state index < -0.39 is 0 Å². The molecule has 1 aliphatic rings. The molecule has 0 N–H and O–H groups in total. The van der Waals surface area contributed by atoms with Crippen LogP contribution in [0.4, 0.5) is 0 Å². The molecule has 3 rings (SSSR count). The van der Waals surface area contributed by atoms with Crippen molar-refractivity contribution in [3.8, 4) is 0 Å². The smallest absolute Gasteiger partial charge is 0.340 e. The Labute approximate surface area is 161 Å². The maximum Gasteiger partial charge on any atom is 0.340 e. The van der Waals surface area contributed by atoms with Crippen LogP contribution in [0, 0.1) is 13.8 Å². The molecule has 2 aromatic heterocycles. The predicted molar refractivity (Wildman–Crippen MR) is 106 cm³/mol. The molecular weight excluding hydrogens is 340 g/mol. The van der Waals surface area contributed by atoms with E-state index in [4.69, 9.17) is 4.74 Å². The summed E-state index contributed by atoms with van der Waals surface area (Å²) in [6.07, 6.45) is 4.89. The zero-order valence-corrected chi connectivity index (χ0v) is 16.9. The van der Waals surface area contributed by atoms with Gasteiger partial charge in [-0.25, -0.2) is 4.79 Å². The Morgan fingerprint density at radius 1 is 1.11 bits per heavy atom. The minimum atomic E-state index is -0.237. The van der Waals surface area contributed by atoms with Crippen molar-refractivity contribution in [3.63, 3.8) is 0 Å². The molecule has 27 heavy (non-hydrogen) atoms. The van der Waals surface area contributed by atoms with E-state index in [1.807, 2.05) is 32.4 Å². The lowest BCUT2D eigenvalue weighted by molar-refractivity contribution is 0.0597. The Hall–Kier alpha value is -2.18. The molecule has 0 radical (unpaired) electrons. The standard InChI is InChI=1S/C21H30N4O2/c1-16-19(20(21(26)27-4)17(2)23(16)3)15-25-10-6-9-24(11-12-25)14-18-7-5-8-22-13-18/h5,7-8,13H,6,9-12,14-15H2,1-4H3. The Bertz CT molecular complexity index is 785. The number of pyridine rings is 1. The van der Waals surface area contributed by atoms with Gasteiger partial charge >= 0.3 is 5.97 Å². The maximum atomic E-state index is 12.3. The highest BCUT2D eigenvalue weighted by molar-refractivity contribution is 5.93. The van der Waals surface area contributed by atoms with Crippen molar-refractivity contribution in [2.24, 2.45) is 7.05 Å². The van der Waals surface area contributed by atoms with Crippen LogP contribution < -0.4 is 0 Å². The molecule has 0 aliphatic carbocycles. The first-order valence-electron chi connectivity index (χ1n) is 9.58. The van der Waals surface area contributed by atoms with E-state index in [0.717, 1.165) is 68.2 Å². The van der Waals surface area contributed by atoms with Crippen molar-refractivity contribution < 1.29 is 9.53 Å². The van der Waals surface area contributed by atoms with E-state index in [1.165, 1.54) is 12.7 Å². The molecule has 1 saturated heterocycles. The molecule has 1 fully saturated rings. The molecule has 0 bridgehead atoms. The van der Waals surface area contributed by atoms with Gasteiger partial charge in [-0.15, -0.1) is 0 Å². The molecule has 0 spiro atoms. The minimum Gasteiger partial charge on any atom is -0.465 e. The number of esters is 1. The van der Waals surface area contributed by atoms with Gasteiger partial charge in [0.05, 0.1) is 12.7 Å². The second-order valence-corrected chi connectivity index (χ2v) is 7.34. The van der Waals surface area contributed by atoms with Crippen LogP contribution >= 0.6 is 0 Å².